The summed E-state index contributed by atoms with van der Waals surface area (Å²) in [5, 5.41) is 3.46. The number of nitrogens with zero attached hydrogens (tertiary/aromatic N) is 4. The molecular formula is C21H34N6OS. The lowest BCUT2D eigenvalue weighted by molar-refractivity contribution is -0.122. The second kappa shape index (κ2) is 9.69. The molecule has 8 heteroatoms. The van der Waals surface area contributed by atoms with Gasteiger partial charge in [-0.15, -0.1) is 0 Å². The predicted molar refractivity (Wildman–Crippen MR) is 121 cm³/mol. The van der Waals surface area contributed by atoms with Crippen molar-refractivity contribution in [2.24, 2.45) is 16.6 Å². The van der Waals surface area contributed by atoms with Crippen LogP contribution in [0.2, 0.25) is 0 Å². The third kappa shape index (κ3) is 5.78. The molecule has 0 saturated carbocycles. The summed E-state index contributed by atoms with van der Waals surface area (Å²) >= 11 is 2.02. The quantitative estimate of drug-likeness (QED) is 0.562. The van der Waals surface area contributed by atoms with Crippen LogP contribution in [0.1, 0.15) is 39.2 Å². The first-order valence-electron chi connectivity index (χ1n) is 10.5. The molecule has 0 unspecified atom stereocenters. The van der Waals surface area contributed by atoms with E-state index in [0.717, 1.165) is 68.7 Å². The average Bonchev–Trinajstić information content (AvgIpc) is 2.70. The minimum Gasteiger partial charge on any atom is -0.369 e. The van der Waals surface area contributed by atoms with Crippen molar-refractivity contribution in [2.45, 2.75) is 44.9 Å². The second-order valence-electron chi connectivity index (χ2n) is 8.35. The van der Waals surface area contributed by atoms with Crippen LogP contribution in [-0.4, -0.2) is 65.0 Å². The molecule has 3 N–H and O–H groups in total. The highest BCUT2D eigenvalue weighted by atomic mass is 32.2. The summed E-state index contributed by atoms with van der Waals surface area (Å²) in [5.41, 5.74) is 6.59. The fraction of sp³-hybridized carbons (Fsp3) is 0.667. The molecule has 0 radical (unpaired) electrons. The van der Waals surface area contributed by atoms with E-state index >= 15 is 0 Å². The highest BCUT2D eigenvalue weighted by Crippen LogP contribution is 2.30. The number of rotatable bonds is 5. The van der Waals surface area contributed by atoms with Crippen molar-refractivity contribution in [2.75, 3.05) is 43.4 Å². The summed E-state index contributed by atoms with van der Waals surface area (Å²) in [5.74, 6) is 2.86. The lowest BCUT2D eigenvalue weighted by atomic mass is 9.96. The predicted octanol–water partition coefficient (Wildman–Crippen LogP) is 2.08. The zero-order valence-corrected chi connectivity index (χ0v) is 18.7. The van der Waals surface area contributed by atoms with Crippen molar-refractivity contribution >= 4 is 29.4 Å². The maximum Gasteiger partial charge on any atom is 0.220 e. The second-order valence-corrected chi connectivity index (χ2v) is 10.2. The maximum absolute atomic E-state index is 11.5. The molecule has 7 nitrogen and oxygen atoms in total. The Bertz CT molecular complexity index is 730. The van der Waals surface area contributed by atoms with Crippen LogP contribution in [0.4, 0.5) is 5.82 Å². The van der Waals surface area contributed by atoms with Crippen LogP contribution < -0.4 is 16.0 Å². The van der Waals surface area contributed by atoms with E-state index in [4.69, 9.17) is 10.7 Å². The van der Waals surface area contributed by atoms with Gasteiger partial charge in [-0.1, -0.05) is 6.07 Å². The smallest absolute Gasteiger partial charge is 0.220 e. The van der Waals surface area contributed by atoms with E-state index in [1.165, 1.54) is 0 Å². The molecule has 2 fully saturated rings. The van der Waals surface area contributed by atoms with Gasteiger partial charge in [-0.25, -0.2) is 9.98 Å². The lowest BCUT2D eigenvalue weighted by Crippen LogP contribution is -2.50. The molecule has 1 aromatic heterocycles. The number of nitrogens with two attached hydrogens (primary N) is 1. The minimum atomic E-state index is -0.187. The fourth-order valence-electron chi connectivity index (χ4n) is 4.00. The van der Waals surface area contributed by atoms with Gasteiger partial charge in [-0.2, -0.15) is 11.8 Å². The Morgan fingerprint density at radius 2 is 2.14 bits per heavy atom. The van der Waals surface area contributed by atoms with Crippen molar-refractivity contribution < 1.29 is 4.79 Å². The number of thioether (sulfide) groups is 1. The standard InChI is InChI=1S/C21H34N6OS/c1-4-23-20(27-12-13-29-21(2,3)15-27)25-14-17-6-5-9-24-19(17)26-10-7-16(8-11-26)18(22)28/h5-6,9,16H,4,7-8,10-15H2,1-3H3,(H2,22,28)(H,23,25). The zero-order valence-electron chi connectivity index (χ0n) is 17.9. The van der Waals surface area contributed by atoms with Crippen LogP contribution in [0.5, 0.6) is 0 Å². The van der Waals surface area contributed by atoms with Gasteiger partial charge in [0, 0.05) is 60.9 Å². The number of primary amides is 1. The number of pyridine rings is 1. The van der Waals surface area contributed by atoms with Crippen LogP contribution in [-0.2, 0) is 11.3 Å². The highest BCUT2D eigenvalue weighted by Gasteiger charge is 2.29. The van der Waals surface area contributed by atoms with E-state index in [0.29, 0.717) is 6.54 Å². The summed E-state index contributed by atoms with van der Waals surface area (Å²) < 4.78 is 0.235. The molecule has 3 rings (SSSR count). The number of piperidine rings is 1. The molecule has 2 aliphatic heterocycles. The number of amides is 1. The molecule has 3 heterocycles. The molecule has 0 spiro atoms. The number of carbonyl (C=O) groups excluding carboxylic acids is 1. The molecule has 0 aromatic carbocycles. The van der Waals surface area contributed by atoms with Crippen molar-refractivity contribution in [1.82, 2.24) is 15.2 Å². The van der Waals surface area contributed by atoms with Crippen LogP contribution in [0.25, 0.3) is 0 Å². The molecule has 1 aromatic rings. The summed E-state index contributed by atoms with van der Waals surface area (Å²) in [6.07, 6.45) is 3.41. The van der Waals surface area contributed by atoms with Gasteiger partial charge >= 0.3 is 0 Å². The van der Waals surface area contributed by atoms with E-state index in [2.05, 4.69) is 46.9 Å². The van der Waals surface area contributed by atoms with E-state index in [-0.39, 0.29) is 16.6 Å². The molecule has 0 bridgehead atoms. The maximum atomic E-state index is 11.5. The third-order valence-electron chi connectivity index (χ3n) is 5.52. The number of carbonyl (C=O) groups is 1. The van der Waals surface area contributed by atoms with E-state index in [1.807, 2.05) is 24.0 Å². The molecule has 0 atom stereocenters. The molecule has 1 amide bonds. The summed E-state index contributed by atoms with van der Waals surface area (Å²) in [7, 11) is 0. The fourth-order valence-corrected chi connectivity index (χ4v) is 5.11. The Labute approximate surface area is 178 Å². The van der Waals surface area contributed by atoms with E-state index in [1.54, 1.807) is 0 Å². The summed E-state index contributed by atoms with van der Waals surface area (Å²) in [6, 6.07) is 4.07. The monoisotopic (exact) mass is 418 g/mol. The van der Waals surface area contributed by atoms with Crippen LogP contribution >= 0.6 is 11.8 Å². The normalized spacial score (nSPS) is 20.6. The SMILES string of the molecule is CCNC(=NCc1cccnc1N1CCC(C(N)=O)CC1)N1CCSC(C)(C)C1. The third-order valence-corrected chi connectivity index (χ3v) is 6.82. The first-order chi connectivity index (χ1) is 13.9. The number of hydrogen-bond acceptors (Lipinski definition) is 5. The summed E-state index contributed by atoms with van der Waals surface area (Å²) in [4.78, 5) is 25.7. The number of guanidine groups is 1. The lowest BCUT2D eigenvalue weighted by Gasteiger charge is -2.39. The number of aromatic nitrogens is 1. The topological polar surface area (TPSA) is 86.9 Å². The number of hydrogen-bond donors (Lipinski definition) is 2. The Hall–Kier alpha value is -1.96. The minimum absolute atomic E-state index is 0.0166. The van der Waals surface area contributed by atoms with Gasteiger partial charge in [0.25, 0.3) is 0 Å². The summed E-state index contributed by atoms with van der Waals surface area (Å²) in [6.45, 7) is 11.7. The molecule has 2 saturated heterocycles. The Morgan fingerprint density at radius 3 is 2.79 bits per heavy atom. The Balaban J connectivity index is 1.73. The van der Waals surface area contributed by atoms with Gasteiger partial charge in [-0.3, -0.25) is 4.79 Å². The number of nitrogens with one attached hydrogen (secondary N) is 1. The molecule has 2 aliphatic rings. The zero-order chi connectivity index (χ0) is 20.9. The number of aliphatic imine (C=N–C) groups is 1. The molecular weight excluding hydrogens is 384 g/mol. The van der Waals surface area contributed by atoms with E-state index < -0.39 is 0 Å². The van der Waals surface area contributed by atoms with Crippen LogP contribution in [0.3, 0.4) is 0 Å². The van der Waals surface area contributed by atoms with E-state index in [9.17, 15) is 4.79 Å². The van der Waals surface area contributed by atoms with Crippen LogP contribution in [0.15, 0.2) is 23.3 Å². The molecule has 29 heavy (non-hydrogen) atoms. The average molecular weight is 419 g/mol. The Morgan fingerprint density at radius 1 is 1.38 bits per heavy atom. The van der Waals surface area contributed by atoms with Gasteiger partial charge < -0.3 is 20.9 Å². The largest absolute Gasteiger partial charge is 0.369 e. The molecule has 160 valence electrons. The van der Waals surface area contributed by atoms with Gasteiger partial charge in [0.05, 0.1) is 6.54 Å². The Kier molecular flexibility index (Phi) is 7.27. The van der Waals surface area contributed by atoms with Crippen molar-refractivity contribution in [1.29, 1.82) is 0 Å². The van der Waals surface area contributed by atoms with Gasteiger partial charge in [-0.05, 0) is 39.7 Å². The first kappa shape index (κ1) is 21.7. The number of anilines is 1. The van der Waals surface area contributed by atoms with Gasteiger partial charge in [0.1, 0.15) is 5.82 Å². The van der Waals surface area contributed by atoms with Gasteiger partial charge in [0.2, 0.25) is 5.91 Å². The highest BCUT2D eigenvalue weighted by molar-refractivity contribution is 8.00. The van der Waals surface area contributed by atoms with Crippen molar-refractivity contribution in [3.63, 3.8) is 0 Å². The van der Waals surface area contributed by atoms with Crippen LogP contribution in [0, 0.1) is 5.92 Å². The first-order valence-corrected chi connectivity index (χ1v) is 11.5. The molecule has 0 aliphatic carbocycles. The van der Waals surface area contributed by atoms with Crippen molar-refractivity contribution in [3.05, 3.63) is 23.9 Å². The van der Waals surface area contributed by atoms with Gasteiger partial charge in [0.15, 0.2) is 5.96 Å². The van der Waals surface area contributed by atoms with Crippen molar-refractivity contribution in [3.8, 4) is 0 Å².